The first kappa shape index (κ1) is 19.5. The summed E-state index contributed by atoms with van der Waals surface area (Å²) in [6.07, 6.45) is 0.203. The molecule has 0 unspecified atom stereocenters. The molecule has 6 heteroatoms. The molecule has 0 spiro atoms. The van der Waals surface area contributed by atoms with E-state index in [-0.39, 0.29) is 12.3 Å². The van der Waals surface area contributed by atoms with Crippen LogP contribution in [0.25, 0.3) is 0 Å². The van der Waals surface area contributed by atoms with E-state index >= 15 is 0 Å². The van der Waals surface area contributed by atoms with Crippen molar-refractivity contribution >= 4 is 34.8 Å². The third kappa shape index (κ3) is 5.11. The highest BCUT2D eigenvalue weighted by Crippen LogP contribution is 2.19. The number of para-hydroxylation sites is 1. The zero-order chi connectivity index (χ0) is 19.9. The summed E-state index contributed by atoms with van der Waals surface area (Å²) in [5, 5.41) is 6.67. The normalized spacial score (nSPS) is 10.3. The number of amides is 2. The zero-order valence-corrected chi connectivity index (χ0v) is 15.9. The highest BCUT2D eigenvalue weighted by Gasteiger charge is 2.09. The lowest BCUT2D eigenvalue weighted by Gasteiger charge is -2.11. The zero-order valence-electron chi connectivity index (χ0n) is 15.1. The molecule has 0 aromatic heterocycles. The van der Waals surface area contributed by atoms with Gasteiger partial charge in [-0.15, -0.1) is 0 Å². The van der Waals surface area contributed by atoms with Crippen LogP contribution in [0.1, 0.15) is 21.5 Å². The van der Waals surface area contributed by atoms with E-state index in [0.717, 1.165) is 11.1 Å². The summed E-state index contributed by atoms with van der Waals surface area (Å²) in [6.45, 7) is 0.485. The van der Waals surface area contributed by atoms with E-state index in [1.54, 1.807) is 24.3 Å². The standard InChI is InChI=1S/C22H20ClN3O2/c23-19-10-3-1-7-16(19)13-21(27)26-17-8-5-6-15(12-17)14-25-20-11-4-2-9-18(20)22(24)28/h1-12,25H,13-14H2,(H2,24,28)(H,26,27). The molecule has 0 saturated carbocycles. The van der Waals surface area contributed by atoms with Gasteiger partial charge in [-0.2, -0.15) is 0 Å². The van der Waals surface area contributed by atoms with Crippen LogP contribution in [0.4, 0.5) is 11.4 Å². The third-order valence-corrected chi connectivity index (χ3v) is 4.56. The molecule has 142 valence electrons. The average molecular weight is 394 g/mol. The van der Waals surface area contributed by atoms with Crippen molar-refractivity contribution in [1.82, 2.24) is 0 Å². The monoisotopic (exact) mass is 393 g/mol. The highest BCUT2D eigenvalue weighted by atomic mass is 35.5. The molecule has 0 fully saturated rings. The summed E-state index contributed by atoms with van der Waals surface area (Å²) in [7, 11) is 0. The van der Waals surface area contributed by atoms with Crippen molar-refractivity contribution in [2.24, 2.45) is 5.73 Å². The van der Waals surface area contributed by atoms with Gasteiger partial charge >= 0.3 is 0 Å². The minimum absolute atomic E-state index is 0.141. The smallest absolute Gasteiger partial charge is 0.250 e. The van der Waals surface area contributed by atoms with Gasteiger partial charge in [-0.1, -0.05) is 54.1 Å². The number of nitrogens with one attached hydrogen (secondary N) is 2. The van der Waals surface area contributed by atoms with E-state index in [0.29, 0.717) is 28.5 Å². The lowest BCUT2D eigenvalue weighted by molar-refractivity contribution is -0.115. The van der Waals surface area contributed by atoms with Crippen LogP contribution in [0, 0.1) is 0 Å². The fraction of sp³-hybridized carbons (Fsp3) is 0.0909. The average Bonchev–Trinajstić information content (AvgIpc) is 2.68. The van der Waals surface area contributed by atoms with Crippen LogP contribution in [0.3, 0.4) is 0 Å². The number of carbonyl (C=O) groups is 2. The summed E-state index contributed by atoms with van der Waals surface area (Å²) in [6, 6.07) is 21.9. The van der Waals surface area contributed by atoms with Crippen LogP contribution in [0.5, 0.6) is 0 Å². The molecular weight excluding hydrogens is 374 g/mol. The van der Waals surface area contributed by atoms with E-state index in [1.165, 1.54) is 0 Å². The van der Waals surface area contributed by atoms with Gasteiger partial charge in [0.15, 0.2) is 0 Å². The fourth-order valence-electron chi connectivity index (χ4n) is 2.83. The second-order valence-electron chi connectivity index (χ2n) is 6.28. The quantitative estimate of drug-likeness (QED) is 0.561. The fourth-order valence-corrected chi connectivity index (χ4v) is 3.03. The minimum Gasteiger partial charge on any atom is -0.380 e. The van der Waals surface area contributed by atoms with Crippen LogP contribution in [-0.4, -0.2) is 11.8 Å². The van der Waals surface area contributed by atoms with Gasteiger partial charge in [0.1, 0.15) is 0 Å². The van der Waals surface area contributed by atoms with Crippen LogP contribution in [0.15, 0.2) is 72.8 Å². The number of hydrogen-bond acceptors (Lipinski definition) is 3. The molecule has 2 amide bonds. The largest absolute Gasteiger partial charge is 0.380 e. The Hall–Kier alpha value is -3.31. The molecule has 0 aliphatic heterocycles. The van der Waals surface area contributed by atoms with Crippen molar-refractivity contribution in [3.63, 3.8) is 0 Å². The lowest BCUT2D eigenvalue weighted by Crippen LogP contribution is -2.15. The number of primary amides is 1. The molecule has 3 aromatic rings. The second-order valence-corrected chi connectivity index (χ2v) is 6.69. The summed E-state index contributed by atoms with van der Waals surface area (Å²) in [4.78, 5) is 23.8. The molecule has 28 heavy (non-hydrogen) atoms. The Bertz CT molecular complexity index is 1000. The Labute approximate surface area is 168 Å². The molecule has 0 aliphatic carbocycles. The number of hydrogen-bond donors (Lipinski definition) is 3. The molecule has 0 atom stereocenters. The first-order valence-corrected chi connectivity index (χ1v) is 9.15. The van der Waals surface area contributed by atoms with Gasteiger partial charge in [0, 0.05) is 22.9 Å². The van der Waals surface area contributed by atoms with E-state index in [9.17, 15) is 9.59 Å². The Balaban J connectivity index is 1.63. The number of benzene rings is 3. The molecule has 0 saturated heterocycles. The molecule has 0 aliphatic rings. The predicted molar refractivity (Wildman–Crippen MR) is 113 cm³/mol. The molecule has 3 aromatic carbocycles. The minimum atomic E-state index is -0.483. The third-order valence-electron chi connectivity index (χ3n) is 4.20. The van der Waals surface area contributed by atoms with Crippen molar-refractivity contribution in [3.05, 3.63) is 94.5 Å². The van der Waals surface area contributed by atoms with E-state index < -0.39 is 5.91 Å². The van der Waals surface area contributed by atoms with Crippen LogP contribution in [-0.2, 0) is 17.8 Å². The Kier molecular flexibility index (Phi) is 6.29. The second kappa shape index (κ2) is 9.06. The number of carbonyl (C=O) groups excluding carboxylic acids is 2. The van der Waals surface area contributed by atoms with Crippen molar-refractivity contribution in [2.75, 3.05) is 10.6 Å². The van der Waals surface area contributed by atoms with E-state index in [1.807, 2.05) is 48.5 Å². The maximum atomic E-state index is 12.3. The Morgan fingerprint density at radius 3 is 2.46 bits per heavy atom. The number of rotatable bonds is 7. The lowest BCUT2D eigenvalue weighted by atomic mass is 10.1. The van der Waals surface area contributed by atoms with Gasteiger partial charge in [0.05, 0.1) is 12.0 Å². The van der Waals surface area contributed by atoms with Gasteiger partial charge in [-0.3, -0.25) is 9.59 Å². The Morgan fingerprint density at radius 1 is 0.929 bits per heavy atom. The maximum Gasteiger partial charge on any atom is 0.250 e. The van der Waals surface area contributed by atoms with Crippen LogP contribution in [0.2, 0.25) is 5.02 Å². The molecule has 3 rings (SSSR count). The number of halogens is 1. The van der Waals surface area contributed by atoms with Gasteiger partial charge < -0.3 is 16.4 Å². The highest BCUT2D eigenvalue weighted by molar-refractivity contribution is 6.31. The molecule has 0 bridgehead atoms. The number of nitrogens with two attached hydrogens (primary N) is 1. The summed E-state index contributed by atoms with van der Waals surface area (Å²) in [5.41, 5.74) is 8.93. The Morgan fingerprint density at radius 2 is 1.68 bits per heavy atom. The molecular formula is C22H20ClN3O2. The van der Waals surface area contributed by atoms with Crippen LogP contribution < -0.4 is 16.4 Å². The van der Waals surface area contributed by atoms with Gasteiger partial charge in [0.25, 0.3) is 5.91 Å². The maximum absolute atomic E-state index is 12.3. The van der Waals surface area contributed by atoms with E-state index in [4.69, 9.17) is 17.3 Å². The first-order chi connectivity index (χ1) is 13.5. The first-order valence-electron chi connectivity index (χ1n) is 8.78. The van der Waals surface area contributed by atoms with Gasteiger partial charge in [-0.05, 0) is 41.5 Å². The predicted octanol–water partition coefficient (Wildman–Crippen LogP) is 4.23. The summed E-state index contributed by atoms with van der Waals surface area (Å²) >= 11 is 6.11. The van der Waals surface area contributed by atoms with Crippen molar-refractivity contribution < 1.29 is 9.59 Å². The topological polar surface area (TPSA) is 84.2 Å². The van der Waals surface area contributed by atoms with Gasteiger partial charge in [-0.25, -0.2) is 0 Å². The van der Waals surface area contributed by atoms with Crippen LogP contribution >= 0.6 is 11.6 Å². The molecule has 0 radical (unpaired) electrons. The van der Waals surface area contributed by atoms with Crippen molar-refractivity contribution in [1.29, 1.82) is 0 Å². The van der Waals surface area contributed by atoms with Gasteiger partial charge in [0.2, 0.25) is 5.91 Å². The summed E-state index contributed by atoms with van der Waals surface area (Å²) < 4.78 is 0. The molecule has 5 nitrogen and oxygen atoms in total. The molecule has 0 heterocycles. The van der Waals surface area contributed by atoms with E-state index in [2.05, 4.69) is 10.6 Å². The SMILES string of the molecule is NC(=O)c1ccccc1NCc1cccc(NC(=O)Cc2ccccc2Cl)c1. The number of anilines is 2. The molecule has 4 N–H and O–H groups in total. The van der Waals surface area contributed by atoms with Crippen molar-refractivity contribution in [3.8, 4) is 0 Å². The van der Waals surface area contributed by atoms with Crippen molar-refractivity contribution in [2.45, 2.75) is 13.0 Å². The summed E-state index contributed by atoms with van der Waals surface area (Å²) in [5.74, 6) is -0.624.